The lowest BCUT2D eigenvalue weighted by Crippen LogP contribution is -2.68. The van der Waals surface area contributed by atoms with E-state index in [1.54, 1.807) is 27.7 Å². The monoisotopic (exact) mass is 592 g/mol. The first-order valence-corrected chi connectivity index (χ1v) is 15.0. The first-order chi connectivity index (χ1) is 18.6. The Morgan fingerprint density at radius 3 is 2.17 bits per heavy atom. The summed E-state index contributed by atoms with van der Waals surface area (Å²) in [5, 5.41) is 57.4. The van der Waals surface area contributed by atoms with Crippen molar-refractivity contribution in [1.82, 2.24) is 4.90 Å². The second kappa shape index (κ2) is 9.38. The number of nitrogens with two attached hydrogens (primary N) is 1. The number of hydrogen-bond donors (Lipinski definition) is 6. The SMILES string of the molecule is CC1c2c(CS(C)(=O)=O)cc(C(C)(C)C)c(O)c2C(=O)C2=C(O)C3(O)C(=O)C(C(N)=O)=C(O)C(N(C)C)C3C(O)C21. The summed E-state index contributed by atoms with van der Waals surface area (Å²) in [5.41, 5.74) is 0.340. The fourth-order valence-corrected chi connectivity index (χ4v) is 7.65. The first-order valence-electron chi connectivity index (χ1n) is 13.0. The zero-order valence-electron chi connectivity index (χ0n) is 23.9. The maximum Gasteiger partial charge on any atom is 0.255 e. The van der Waals surface area contributed by atoms with Gasteiger partial charge in [0.25, 0.3) is 5.91 Å². The highest BCUT2D eigenvalue weighted by Gasteiger charge is 2.67. The fraction of sp³-hybridized carbons (Fsp3) is 0.536. The predicted molar refractivity (Wildman–Crippen MR) is 147 cm³/mol. The molecule has 7 N–H and O–H groups in total. The number of primary amides is 1. The lowest BCUT2D eigenvalue weighted by Gasteiger charge is -2.53. The van der Waals surface area contributed by atoms with Gasteiger partial charge in [0.1, 0.15) is 22.8 Å². The zero-order chi connectivity index (χ0) is 31.3. The number of nitrogens with zero attached hydrogens (tertiary/aromatic N) is 1. The number of hydrogen-bond acceptors (Lipinski definition) is 11. The van der Waals surface area contributed by atoms with E-state index in [4.69, 9.17) is 5.73 Å². The molecule has 0 spiro atoms. The number of sulfone groups is 1. The smallest absolute Gasteiger partial charge is 0.255 e. The van der Waals surface area contributed by atoms with E-state index in [1.807, 2.05) is 0 Å². The highest BCUT2D eigenvalue weighted by atomic mass is 32.2. The third-order valence-electron chi connectivity index (χ3n) is 8.54. The van der Waals surface area contributed by atoms with Gasteiger partial charge < -0.3 is 31.3 Å². The molecule has 0 aliphatic heterocycles. The van der Waals surface area contributed by atoms with Crippen LogP contribution in [0.4, 0.5) is 0 Å². The van der Waals surface area contributed by atoms with Gasteiger partial charge in [0.15, 0.2) is 21.2 Å². The number of carbonyl (C=O) groups excluding carboxylic acids is 3. The molecule has 6 unspecified atom stereocenters. The van der Waals surface area contributed by atoms with Gasteiger partial charge >= 0.3 is 0 Å². The Hall–Kier alpha value is -3.26. The summed E-state index contributed by atoms with van der Waals surface area (Å²) in [5.74, 6) is -10.6. The molecule has 224 valence electrons. The van der Waals surface area contributed by atoms with E-state index in [2.05, 4.69) is 0 Å². The van der Waals surface area contributed by atoms with E-state index in [-0.39, 0.29) is 22.3 Å². The number of Topliss-reactive ketones (excluding diaryl/α,β-unsaturated/α-hetero) is 2. The van der Waals surface area contributed by atoms with Crippen LogP contribution in [0, 0.1) is 11.8 Å². The number of likely N-dealkylation sites (N-methyl/N-ethyl adjacent to an activating group) is 1. The molecule has 1 aromatic carbocycles. The molecule has 41 heavy (non-hydrogen) atoms. The third-order valence-corrected chi connectivity index (χ3v) is 9.37. The van der Waals surface area contributed by atoms with Crippen LogP contribution >= 0.6 is 0 Å². The molecule has 0 bridgehead atoms. The second-order valence-electron chi connectivity index (χ2n) is 12.6. The Bertz CT molecular complexity index is 1570. The topological polar surface area (TPSA) is 216 Å². The highest BCUT2D eigenvalue weighted by Crippen LogP contribution is 2.56. The number of rotatable bonds is 4. The van der Waals surface area contributed by atoms with Crippen molar-refractivity contribution in [3.8, 4) is 5.75 Å². The van der Waals surface area contributed by atoms with Crippen LogP contribution in [0.3, 0.4) is 0 Å². The van der Waals surface area contributed by atoms with Crippen LogP contribution in [0.15, 0.2) is 28.7 Å². The lowest BCUT2D eigenvalue weighted by molar-refractivity contribution is -0.162. The molecule has 0 radical (unpaired) electrons. The van der Waals surface area contributed by atoms with E-state index in [0.717, 1.165) is 6.26 Å². The molecule has 0 saturated carbocycles. The van der Waals surface area contributed by atoms with Crippen LogP contribution in [0.1, 0.15) is 60.7 Å². The average Bonchev–Trinajstić information content (AvgIpc) is 2.80. The Kier molecular flexibility index (Phi) is 7.02. The number of phenolic OH excluding ortho intramolecular Hbond substituents is 1. The van der Waals surface area contributed by atoms with Crippen molar-refractivity contribution in [2.24, 2.45) is 17.6 Å². The summed E-state index contributed by atoms with van der Waals surface area (Å²) in [6.45, 7) is 6.81. The van der Waals surface area contributed by atoms with Gasteiger partial charge in [0.05, 0.1) is 29.4 Å². The van der Waals surface area contributed by atoms with Crippen LogP contribution < -0.4 is 5.73 Å². The molecule has 3 aliphatic carbocycles. The lowest BCUT2D eigenvalue weighted by atomic mass is 9.54. The molecule has 0 aromatic heterocycles. The molecule has 3 aliphatic rings. The van der Waals surface area contributed by atoms with Crippen LogP contribution in [-0.2, 0) is 30.6 Å². The van der Waals surface area contributed by atoms with Crippen molar-refractivity contribution in [2.45, 2.75) is 62.5 Å². The van der Waals surface area contributed by atoms with E-state index >= 15 is 0 Å². The summed E-state index contributed by atoms with van der Waals surface area (Å²) in [4.78, 5) is 41.2. The normalized spacial score (nSPS) is 30.3. The number of aliphatic hydroxyl groups excluding tert-OH is 3. The van der Waals surface area contributed by atoms with E-state index in [1.165, 1.54) is 25.1 Å². The fourth-order valence-electron chi connectivity index (χ4n) is 6.85. The molecule has 1 amide bonds. The summed E-state index contributed by atoms with van der Waals surface area (Å²) in [6, 6.07) is 0.120. The van der Waals surface area contributed by atoms with Crippen LogP contribution in [-0.4, -0.2) is 94.4 Å². The van der Waals surface area contributed by atoms with Gasteiger partial charge in [-0.15, -0.1) is 0 Å². The van der Waals surface area contributed by atoms with Crippen LogP contribution in [0.25, 0.3) is 0 Å². The summed E-state index contributed by atoms with van der Waals surface area (Å²) < 4.78 is 24.9. The van der Waals surface area contributed by atoms with E-state index in [9.17, 15) is 48.3 Å². The predicted octanol–water partition coefficient (Wildman–Crippen LogP) is 0.495. The molecule has 12 nitrogen and oxygen atoms in total. The maximum absolute atomic E-state index is 14.2. The molecule has 6 atom stereocenters. The molecule has 0 saturated heterocycles. The van der Waals surface area contributed by atoms with Gasteiger partial charge in [-0.25, -0.2) is 8.42 Å². The summed E-state index contributed by atoms with van der Waals surface area (Å²) in [7, 11) is -0.761. The molecule has 0 heterocycles. The van der Waals surface area contributed by atoms with Gasteiger partial charge in [0.2, 0.25) is 5.78 Å². The standard InChI is InChI=1S/C28H36N2O10S/c1-10-13-11(9-41(7,39)40)8-12(27(2,3)4)20(31)15(13)21(32)16-14(10)22(33)18-19(30(5)6)23(34)17(26(29)37)25(36)28(18,38)24(16)35/h8,10,14,18-19,22,31,33-35,38H,9H2,1-7H3,(H2,29,37). The number of fused-ring (bicyclic) bond motifs is 3. The van der Waals surface area contributed by atoms with E-state index < -0.39 is 102 Å². The minimum Gasteiger partial charge on any atom is -0.510 e. The van der Waals surface area contributed by atoms with Crippen molar-refractivity contribution >= 4 is 27.3 Å². The Morgan fingerprint density at radius 2 is 1.71 bits per heavy atom. The second-order valence-corrected chi connectivity index (χ2v) is 14.7. The van der Waals surface area contributed by atoms with Crippen molar-refractivity contribution < 1.29 is 48.3 Å². The number of phenols is 1. The van der Waals surface area contributed by atoms with Gasteiger partial charge in [-0.2, -0.15) is 0 Å². The number of ketones is 2. The molecule has 1 aromatic rings. The summed E-state index contributed by atoms with van der Waals surface area (Å²) >= 11 is 0. The van der Waals surface area contributed by atoms with Crippen molar-refractivity contribution in [2.75, 3.05) is 20.4 Å². The molecule has 0 fully saturated rings. The molecular formula is C28H36N2O10S. The molecular weight excluding hydrogens is 556 g/mol. The van der Waals surface area contributed by atoms with Crippen molar-refractivity contribution in [3.05, 3.63) is 51.0 Å². The third kappa shape index (κ3) is 4.28. The van der Waals surface area contributed by atoms with Crippen LogP contribution in [0.2, 0.25) is 0 Å². The minimum absolute atomic E-state index is 0.151. The largest absolute Gasteiger partial charge is 0.510 e. The van der Waals surface area contributed by atoms with Crippen molar-refractivity contribution in [1.29, 1.82) is 0 Å². The molecule has 13 heteroatoms. The van der Waals surface area contributed by atoms with Gasteiger partial charge in [-0.3, -0.25) is 19.3 Å². The van der Waals surface area contributed by atoms with Crippen LogP contribution in [0.5, 0.6) is 5.75 Å². The number of aromatic hydroxyl groups is 1. The summed E-state index contributed by atoms with van der Waals surface area (Å²) in [6.07, 6.45) is -0.757. The van der Waals surface area contributed by atoms with Gasteiger partial charge in [0, 0.05) is 23.3 Å². The van der Waals surface area contributed by atoms with E-state index in [0.29, 0.717) is 0 Å². The Balaban J connectivity index is 2.12. The minimum atomic E-state index is -3.65. The Morgan fingerprint density at radius 1 is 1.15 bits per heavy atom. The number of carbonyl (C=O) groups is 3. The molecule has 4 rings (SSSR count). The number of aliphatic hydroxyl groups is 4. The van der Waals surface area contributed by atoms with Crippen molar-refractivity contribution in [3.63, 3.8) is 0 Å². The Labute approximate surface area is 237 Å². The number of amides is 1. The van der Waals surface area contributed by atoms with Gasteiger partial charge in [-0.05, 0) is 36.6 Å². The highest BCUT2D eigenvalue weighted by molar-refractivity contribution is 7.89. The average molecular weight is 593 g/mol. The first kappa shape index (κ1) is 30.7. The zero-order valence-corrected chi connectivity index (χ0v) is 24.7. The quantitative estimate of drug-likeness (QED) is 0.265. The maximum atomic E-state index is 14.2. The number of benzene rings is 1. The van der Waals surface area contributed by atoms with Gasteiger partial charge in [-0.1, -0.05) is 33.8 Å².